The average Bonchev–Trinajstić information content (AvgIpc) is 2.76. The Labute approximate surface area is 199 Å². The highest BCUT2D eigenvalue weighted by Gasteiger charge is 2.29. The second kappa shape index (κ2) is 12.0. The predicted molar refractivity (Wildman–Crippen MR) is 132 cm³/mol. The Morgan fingerprint density at radius 1 is 1.00 bits per heavy atom. The summed E-state index contributed by atoms with van der Waals surface area (Å²) in [6.07, 6.45) is 0.803. The van der Waals surface area contributed by atoms with E-state index in [1.165, 1.54) is 11.1 Å². The van der Waals surface area contributed by atoms with Crippen LogP contribution in [0.25, 0.3) is 0 Å². The van der Waals surface area contributed by atoms with Crippen molar-refractivity contribution in [3.63, 3.8) is 0 Å². The van der Waals surface area contributed by atoms with E-state index in [0.717, 1.165) is 22.0 Å². The first kappa shape index (κ1) is 24.2. The minimum absolute atomic E-state index is 0.00476. The zero-order valence-corrected chi connectivity index (χ0v) is 20.2. The third kappa shape index (κ3) is 7.02. The number of carboxylic acid groups (broad SMARTS) is 1. The summed E-state index contributed by atoms with van der Waals surface area (Å²) in [7, 11) is 1.86. The van der Waals surface area contributed by atoms with Gasteiger partial charge in [0.2, 0.25) is 0 Å². The van der Waals surface area contributed by atoms with Crippen molar-refractivity contribution in [1.29, 1.82) is 0 Å². The van der Waals surface area contributed by atoms with E-state index in [0.29, 0.717) is 13.2 Å². The van der Waals surface area contributed by atoms with Crippen molar-refractivity contribution >= 4 is 21.9 Å². The van der Waals surface area contributed by atoms with Gasteiger partial charge in [0.25, 0.3) is 0 Å². The maximum atomic E-state index is 11.5. The molecule has 0 aliphatic rings. The fourth-order valence-corrected chi connectivity index (χ4v) is 4.77. The van der Waals surface area contributed by atoms with Gasteiger partial charge in [0.1, 0.15) is 0 Å². The first-order chi connectivity index (χ1) is 15.4. The van der Waals surface area contributed by atoms with Crippen molar-refractivity contribution in [3.8, 4) is 0 Å². The van der Waals surface area contributed by atoms with Gasteiger partial charge in [-0.25, -0.2) is 0 Å². The van der Waals surface area contributed by atoms with E-state index in [2.05, 4.69) is 65.3 Å². The molecule has 5 heteroatoms. The smallest absolute Gasteiger partial charge is 0.317 e. The fraction of sp³-hybridized carbons (Fsp3) is 0.296. The topological polar surface area (TPSA) is 49.8 Å². The van der Waals surface area contributed by atoms with Crippen LogP contribution in [0.5, 0.6) is 0 Å². The fourth-order valence-electron chi connectivity index (χ4n) is 4.12. The molecule has 0 aliphatic heterocycles. The number of hydrogen-bond donors (Lipinski definition) is 1. The zero-order chi connectivity index (χ0) is 22.9. The molecular weight excluding hydrogens is 466 g/mol. The Hall–Kier alpha value is -2.47. The van der Waals surface area contributed by atoms with Gasteiger partial charge in [-0.15, -0.1) is 0 Å². The van der Waals surface area contributed by atoms with E-state index in [4.69, 9.17) is 4.74 Å². The van der Waals surface area contributed by atoms with Crippen LogP contribution in [0.1, 0.15) is 28.2 Å². The third-order valence-electron chi connectivity index (χ3n) is 5.58. The van der Waals surface area contributed by atoms with Crippen LogP contribution in [-0.4, -0.2) is 48.8 Å². The van der Waals surface area contributed by atoms with Crippen molar-refractivity contribution in [1.82, 2.24) is 4.90 Å². The lowest BCUT2D eigenvalue weighted by atomic mass is 9.84. The van der Waals surface area contributed by atoms with Crippen LogP contribution in [0, 0.1) is 6.92 Å². The molecule has 0 saturated carbocycles. The second-order valence-corrected chi connectivity index (χ2v) is 9.05. The molecule has 1 N–H and O–H groups in total. The van der Waals surface area contributed by atoms with Crippen LogP contribution in [-0.2, 0) is 16.0 Å². The number of rotatable bonds is 11. The summed E-state index contributed by atoms with van der Waals surface area (Å²) in [5.41, 5.74) is 4.72. The number of carboxylic acids is 1. The predicted octanol–water partition coefficient (Wildman–Crippen LogP) is 5.53. The van der Waals surface area contributed by atoms with Crippen LogP contribution in [0.3, 0.4) is 0 Å². The lowest BCUT2D eigenvalue weighted by Gasteiger charge is -2.34. The number of aliphatic carboxylic acids is 1. The molecule has 0 spiro atoms. The lowest BCUT2D eigenvalue weighted by Crippen LogP contribution is -2.43. The van der Waals surface area contributed by atoms with E-state index < -0.39 is 5.97 Å². The first-order valence-electron chi connectivity index (χ1n) is 10.8. The van der Waals surface area contributed by atoms with E-state index in [1.54, 1.807) is 0 Å². The third-order valence-corrected chi connectivity index (χ3v) is 6.04. The van der Waals surface area contributed by atoms with E-state index in [-0.39, 0.29) is 18.5 Å². The van der Waals surface area contributed by atoms with Crippen LogP contribution in [0.4, 0.5) is 0 Å². The quantitative estimate of drug-likeness (QED) is 0.355. The molecule has 3 aromatic carbocycles. The summed E-state index contributed by atoms with van der Waals surface area (Å²) < 4.78 is 7.23. The number of halogens is 1. The second-order valence-electron chi connectivity index (χ2n) is 8.14. The van der Waals surface area contributed by atoms with Crippen molar-refractivity contribution in [2.45, 2.75) is 25.3 Å². The van der Waals surface area contributed by atoms with Crippen LogP contribution >= 0.6 is 15.9 Å². The van der Waals surface area contributed by atoms with Gasteiger partial charge < -0.3 is 9.84 Å². The minimum Gasteiger partial charge on any atom is -0.480 e. The highest BCUT2D eigenvalue weighted by atomic mass is 79.9. The van der Waals surface area contributed by atoms with Crippen LogP contribution in [0.2, 0.25) is 0 Å². The Morgan fingerprint density at radius 3 is 2.12 bits per heavy atom. The summed E-state index contributed by atoms with van der Waals surface area (Å²) in [5.74, 6) is -0.850. The number of nitrogens with zero attached hydrogens (tertiary/aromatic N) is 1. The SMILES string of the molecule is Cc1cc(Br)cc(CCOC[C@H](C(c2ccccc2)c2ccccc2)N(C)CC(=O)O)c1. The lowest BCUT2D eigenvalue weighted by molar-refractivity contribution is -0.138. The van der Waals surface area contributed by atoms with E-state index >= 15 is 0 Å². The monoisotopic (exact) mass is 495 g/mol. The zero-order valence-electron chi connectivity index (χ0n) is 18.6. The van der Waals surface area contributed by atoms with Gasteiger partial charge in [0.15, 0.2) is 0 Å². The van der Waals surface area contributed by atoms with Gasteiger partial charge in [0.05, 0.1) is 19.8 Å². The molecule has 1 atom stereocenters. The van der Waals surface area contributed by atoms with Gasteiger partial charge >= 0.3 is 5.97 Å². The molecule has 3 aromatic rings. The Morgan fingerprint density at radius 2 is 1.59 bits per heavy atom. The molecule has 0 aliphatic carbocycles. The Balaban J connectivity index is 1.80. The maximum Gasteiger partial charge on any atom is 0.317 e. The molecule has 0 radical (unpaired) electrons. The largest absolute Gasteiger partial charge is 0.480 e. The molecule has 4 nitrogen and oxygen atoms in total. The van der Waals surface area contributed by atoms with Crippen molar-refractivity contribution in [3.05, 3.63) is 106 Å². The molecule has 0 unspecified atom stereocenters. The summed E-state index contributed by atoms with van der Waals surface area (Å²) in [6.45, 7) is 3.04. The maximum absolute atomic E-state index is 11.5. The molecule has 32 heavy (non-hydrogen) atoms. The van der Waals surface area contributed by atoms with Crippen molar-refractivity contribution in [2.24, 2.45) is 0 Å². The molecule has 0 bridgehead atoms. The number of ether oxygens (including phenoxy) is 1. The van der Waals surface area contributed by atoms with Gasteiger partial charge in [-0.2, -0.15) is 0 Å². The summed E-state index contributed by atoms with van der Waals surface area (Å²) >= 11 is 3.55. The normalized spacial score (nSPS) is 12.3. The van der Waals surface area contributed by atoms with Gasteiger partial charge in [-0.05, 0) is 54.8 Å². The van der Waals surface area contributed by atoms with Gasteiger partial charge in [-0.1, -0.05) is 82.7 Å². The molecule has 3 rings (SSSR count). The molecule has 0 aromatic heterocycles. The van der Waals surface area contributed by atoms with Gasteiger partial charge in [-0.3, -0.25) is 9.69 Å². The minimum atomic E-state index is -0.845. The van der Waals surface area contributed by atoms with Gasteiger partial charge in [0, 0.05) is 16.4 Å². The molecule has 0 heterocycles. The average molecular weight is 496 g/mol. The first-order valence-corrected chi connectivity index (χ1v) is 11.6. The Bertz CT molecular complexity index is 935. The molecule has 0 fully saturated rings. The molecular formula is C27H30BrNO3. The molecule has 0 saturated heterocycles. The van der Waals surface area contributed by atoms with Crippen LogP contribution in [0.15, 0.2) is 83.3 Å². The van der Waals surface area contributed by atoms with E-state index in [9.17, 15) is 9.90 Å². The van der Waals surface area contributed by atoms with Crippen molar-refractivity contribution in [2.75, 3.05) is 26.8 Å². The summed E-state index contributed by atoms with van der Waals surface area (Å²) in [4.78, 5) is 13.4. The Kier molecular flexibility index (Phi) is 9.03. The number of likely N-dealkylation sites (N-methyl/N-ethyl adjacent to an activating group) is 1. The number of aryl methyl sites for hydroxylation is 1. The summed E-state index contributed by atoms with van der Waals surface area (Å²) in [6, 6.07) is 26.7. The molecule has 0 amide bonds. The highest BCUT2D eigenvalue weighted by Crippen LogP contribution is 2.31. The van der Waals surface area contributed by atoms with E-state index in [1.807, 2.05) is 48.3 Å². The number of benzene rings is 3. The van der Waals surface area contributed by atoms with Crippen LogP contribution < -0.4 is 0 Å². The molecule has 168 valence electrons. The number of carbonyl (C=O) groups is 1. The summed E-state index contributed by atoms with van der Waals surface area (Å²) in [5, 5.41) is 9.44. The standard InChI is InChI=1S/C27H30BrNO3/c1-20-15-21(17-24(28)16-20)13-14-32-19-25(29(2)18-26(30)31)27(22-9-5-3-6-10-22)23-11-7-4-8-12-23/h3-12,15-17,25,27H,13-14,18-19H2,1-2H3,(H,30,31)/t25-/m1/s1. The highest BCUT2D eigenvalue weighted by molar-refractivity contribution is 9.10. The van der Waals surface area contributed by atoms with Crippen molar-refractivity contribution < 1.29 is 14.6 Å². The number of hydrogen-bond acceptors (Lipinski definition) is 3.